The predicted molar refractivity (Wildman–Crippen MR) is 63.7 cm³/mol. The molecule has 0 radical (unpaired) electrons. The third kappa shape index (κ3) is 3.53. The van der Waals surface area contributed by atoms with Crippen molar-refractivity contribution >= 4 is 23.0 Å². The largest absolute Gasteiger partial charge is 0.398 e. The van der Waals surface area contributed by atoms with E-state index < -0.39 is 0 Å². The van der Waals surface area contributed by atoms with Crippen LogP contribution in [0, 0.1) is 11.3 Å². The minimum Gasteiger partial charge on any atom is -0.398 e. The fourth-order valence-corrected chi connectivity index (χ4v) is 1.22. The van der Waals surface area contributed by atoms with Crippen molar-refractivity contribution in [3.63, 3.8) is 0 Å². The quantitative estimate of drug-likeness (QED) is 0.768. The average Bonchev–Trinajstić information content (AvgIpc) is 2.19. The van der Waals surface area contributed by atoms with E-state index in [4.69, 9.17) is 22.6 Å². The van der Waals surface area contributed by atoms with Crippen molar-refractivity contribution in [3.8, 4) is 6.07 Å². The molecule has 1 aromatic carbocycles. The summed E-state index contributed by atoms with van der Waals surface area (Å²) in [6.07, 6.45) is 0.309. The van der Waals surface area contributed by atoms with Gasteiger partial charge in [0.05, 0.1) is 19.0 Å². The van der Waals surface area contributed by atoms with Gasteiger partial charge in [-0.1, -0.05) is 18.2 Å². The summed E-state index contributed by atoms with van der Waals surface area (Å²) in [5.41, 5.74) is 8.05. The molecule has 3 nitrogen and oxygen atoms in total. The first kappa shape index (κ1) is 11.4. The van der Waals surface area contributed by atoms with Crippen LogP contribution in [0.3, 0.4) is 0 Å². The Morgan fingerprint density at radius 1 is 1.60 bits per heavy atom. The number of nitrogens with two attached hydrogens (primary N) is 1. The number of halogens is 1. The lowest BCUT2D eigenvalue weighted by Gasteiger charge is -2.08. The SMILES string of the molecule is C=C(Cl)CNc1ccc(N)c(CC#N)c1. The summed E-state index contributed by atoms with van der Waals surface area (Å²) in [5, 5.41) is 12.2. The number of rotatable bonds is 4. The summed E-state index contributed by atoms with van der Waals surface area (Å²) in [7, 11) is 0. The summed E-state index contributed by atoms with van der Waals surface area (Å²) >= 11 is 5.63. The van der Waals surface area contributed by atoms with Gasteiger partial charge in [0, 0.05) is 16.4 Å². The number of hydrogen-bond acceptors (Lipinski definition) is 3. The van der Waals surface area contributed by atoms with E-state index in [9.17, 15) is 0 Å². The van der Waals surface area contributed by atoms with Crippen molar-refractivity contribution in [1.82, 2.24) is 0 Å². The molecule has 0 aliphatic rings. The molecule has 0 unspecified atom stereocenters. The topological polar surface area (TPSA) is 61.8 Å². The zero-order chi connectivity index (χ0) is 11.3. The Kier molecular flexibility index (Phi) is 4.02. The van der Waals surface area contributed by atoms with Crippen LogP contribution in [0.2, 0.25) is 0 Å². The van der Waals surface area contributed by atoms with Crippen LogP contribution in [0.5, 0.6) is 0 Å². The number of nitrogens with one attached hydrogen (secondary N) is 1. The van der Waals surface area contributed by atoms with E-state index in [1.54, 1.807) is 6.07 Å². The lowest BCUT2D eigenvalue weighted by atomic mass is 10.1. The second-order valence-electron chi connectivity index (χ2n) is 3.12. The third-order valence-electron chi connectivity index (χ3n) is 1.90. The first-order valence-corrected chi connectivity index (χ1v) is 4.84. The lowest BCUT2D eigenvalue weighted by Crippen LogP contribution is -2.02. The highest BCUT2D eigenvalue weighted by molar-refractivity contribution is 6.29. The summed E-state index contributed by atoms with van der Waals surface area (Å²) in [5.74, 6) is 0. The molecule has 0 aliphatic carbocycles. The van der Waals surface area contributed by atoms with E-state index in [0.717, 1.165) is 11.3 Å². The lowest BCUT2D eigenvalue weighted by molar-refractivity contribution is 1.25. The van der Waals surface area contributed by atoms with Crippen LogP contribution in [0.1, 0.15) is 5.56 Å². The molecule has 0 atom stereocenters. The van der Waals surface area contributed by atoms with Gasteiger partial charge in [0.15, 0.2) is 0 Å². The van der Waals surface area contributed by atoms with E-state index in [1.165, 1.54) is 0 Å². The van der Waals surface area contributed by atoms with Crippen molar-refractivity contribution in [3.05, 3.63) is 35.4 Å². The molecule has 0 bridgehead atoms. The highest BCUT2D eigenvalue weighted by Crippen LogP contribution is 2.18. The third-order valence-corrected chi connectivity index (χ3v) is 2.03. The molecule has 1 aromatic rings. The Morgan fingerprint density at radius 3 is 2.93 bits per heavy atom. The minimum absolute atomic E-state index is 0.309. The number of anilines is 2. The fourth-order valence-electron chi connectivity index (χ4n) is 1.15. The highest BCUT2D eigenvalue weighted by atomic mass is 35.5. The molecule has 0 spiro atoms. The monoisotopic (exact) mass is 221 g/mol. The maximum Gasteiger partial charge on any atom is 0.0670 e. The number of nitrogens with zero attached hydrogens (tertiary/aromatic N) is 1. The zero-order valence-corrected chi connectivity index (χ0v) is 9.01. The molecule has 78 valence electrons. The van der Waals surface area contributed by atoms with E-state index in [-0.39, 0.29) is 0 Å². The van der Waals surface area contributed by atoms with Crippen LogP contribution in [0.4, 0.5) is 11.4 Å². The van der Waals surface area contributed by atoms with Crippen molar-refractivity contribution in [2.75, 3.05) is 17.6 Å². The summed E-state index contributed by atoms with van der Waals surface area (Å²) < 4.78 is 0. The van der Waals surface area contributed by atoms with Crippen molar-refractivity contribution in [2.24, 2.45) is 0 Å². The molecule has 0 aliphatic heterocycles. The second kappa shape index (κ2) is 5.28. The average molecular weight is 222 g/mol. The van der Waals surface area contributed by atoms with Crippen molar-refractivity contribution < 1.29 is 0 Å². The minimum atomic E-state index is 0.309. The van der Waals surface area contributed by atoms with Gasteiger partial charge in [-0.05, 0) is 23.8 Å². The molecular formula is C11H12ClN3. The van der Waals surface area contributed by atoms with Crippen molar-refractivity contribution in [2.45, 2.75) is 6.42 Å². The van der Waals surface area contributed by atoms with Gasteiger partial charge in [-0.2, -0.15) is 5.26 Å². The summed E-state index contributed by atoms with van der Waals surface area (Å²) in [4.78, 5) is 0. The molecule has 0 saturated carbocycles. The number of benzene rings is 1. The molecule has 1 rings (SSSR count). The Balaban J connectivity index is 2.79. The van der Waals surface area contributed by atoms with Gasteiger partial charge in [0.1, 0.15) is 0 Å². The normalized spacial score (nSPS) is 9.33. The van der Waals surface area contributed by atoms with Crippen LogP contribution >= 0.6 is 11.6 Å². The van der Waals surface area contributed by atoms with Crippen LogP contribution in [-0.2, 0) is 6.42 Å². The second-order valence-corrected chi connectivity index (χ2v) is 3.65. The standard InChI is InChI=1S/C11H12ClN3/c1-8(12)7-15-10-2-3-11(14)9(6-10)4-5-13/h2-3,6,15H,1,4,7,14H2. The van der Waals surface area contributed by atoms with Crippen LogP contribution in [0.25, 0.3) is 0 Å². The molecule has 0 fully saturated rings. The molecule has 15 heavy (non-hydrogen) atoms. The predicted octanol–water partition coefficient (Wildman–Crippen LogP) is 2.50. The van der Waals surface area contributed by atoms with Gasteiger partial charge in [-0.3, -0.25) is 0 Å². The Labute approximate surface area is 94.2 Å². The summed E-state index contributed by atoms with van der Waals surface area (Å²) in [6.45, 7) is 4.07. The number of hydrogen-bond donors (Lipinski definition) is 2. The maximum atomic E-state index is 8.59. The Hall–Kier alpha value is -1.66. The van der Waals surface area contributed by atoms with Gasteiger partial charge in [-0.25, -0.2) is 0 Å². The number of nitriles is 1. The van der Waals surface area contributed by atoms with Gasteiger partial charge in [0.2, 0.25) is 0 Å². The summed E-state index contributed by atoms with van der Waals surface area (Å²) in [6, 6.07) is 7.52. The van der Waals surface area contributed by atoms with Gasteiger partial charge in [0.25, 0.3) is 0 Å². The maximum absolute atomic E-state index is 8.59. The Morgan fingerprint density at radius 2 is 2.33 bits per heavy atom. The fraction of sp³-hybridized carbons (Fsp3) is 0.182. The van der Waals surface area contributed by atoms with Crippen LogP contribution in [-0.4, -0.2) is 6.54 Å². The van der Waals surface area contributed by atoms with Crippen LogP contribution in [0.15, 0.2) is 29.8 Å². The molecule has 0 aromatic heterocycles. The smallest absolute Gasteiger partial charge is 0.0670 e. The zero-order valence-electron chi connectivity index (χ0n) is 8.26. The van der Waals surface area contributed by atoms with E-state index in [1.807, 2.05) is 12.1 Å². The van der Waals surface area contributed by atoms with Gasteiger partial charge in [-0.15, -0.1) is 0 Å². The number of nitrogen functional groups attached to an aromatic ring is 1. The molecule has 0 heterocycles. The van der Waals surface area contributed by atoms with Gasteiger partial charge < -0.3 is 11.1 Å². The molecule has 3 N–H and O–H groups in total. The highest BCUT2D eigenvalue weighted by Gasteiger charge is 2.00. The molecule has 0 saturated heterocycles. The van der Waals surface area contributed by atoms with Crippen molar-refractivity contribution in [1.29, 1.82) is 5.26 Å². The van der Waals surface area contributed by atoms with Crippen LogP contribution < -0.4 is 11.1 Å². The first-order valence-electron chi connectivity index (χ1n) is 4.46. The van der Waals surface area contributed by atoms with E-state index in [0.29, 0.717) is 23.7 Å². The molecule has 0 amide bonds. The first-order chi connectivity index (χ1) is 7.13. The Bertz CT molecular complexity index is 407. The molecular weight excluding hydrogens is 210 g/mol. The molecule has 4 heteroatoms. The van der Waals surface area contributed by atoms with Gasteiger partial charge >= 0.3 is 0 Å². The van der Waals surface area contributed by atoms with E-state index in [2.05, 4.69) is 18.0 Å². The van der Waals surface area contributed by atoms with E-state index >= 15 is 0 Å².